The second kappa shape index (κ2) is 4.67. The molecule has 1 aromatic carbocycles. The molecule has 0 radical (unpaired) electrons. The maximum atomic E-state index is 11.3. The van der Waals surface area contributed by atoms with Crippen LogP contribution in [0.25, 0.3) is 0 Å². The van der Waals surface area contributed by atoms with Gasteiger partial charge in [-0.1, -0.05) is 17.7 Å². The van der Waals surface area contributed by atoms with E-state index in [-0.39, 0.29) is 5.56 Å². The normalized spacial score (nSPS) is 10.5. The van der Waals surface area contributed by atoms with Crippen LogP contribution in [0.2, 0.25) is 5.02 Å². The van der Waals surface area contributed by atoms with E-state index in [1.165, 1.54) is 0 Å². The number of hydrogen-bond acceptors (Lipinski definition) is 2. The number of halogens is 1. The molecule has 1 aromatic heterocycles. The van der Waals surface area contributed by atoms with Crippen LogP contribution in [-0.4, -0.2) is 16.9 Å². The van der Waals surface area contributed by atoms with E-state index in [4.69, 9.17) is 16.3 Å². The van der Waals surface area contributed by atoms with Gasteiger partial charge in [0.25, 0.3) is 5.56 Å². The van der Waals surface area contributed by atoms with E-state index in [1.807, 2.05) is 18.2 Å². The third-order valence-electron chi connectivity index (χ3n) is 2.52. The van der Waals surface area contributed by atoms with Crippen molar-refractivity contribution in [3.63, 3.8) is 0 Å². The highest BCUT2D eigenvalue weighted by Gasteiger charge is 2.04. The van der Waals surface area contributed by atoms with Crippen LogP contribution in [0.1, 0.15) is 11.1 Å². The van der Waals surface area contributed by atoms with Crippen molar-refractivity contribution in [3.8, 4) is 5.75 Å². The Bertz CT molecular complexity index is 586. The van der Waals surface area contributed by atoms with Crippen molar-refractivity contribution in [2.24, 2.45) is 0 Å². The smallest absolute Gasteiger partial charge is 0.266 e. The van der Waals surface area contributed by atoms with E-state index in [9.17, 15) is 4.79 Å². The quantitative estimate of drug-likeness (QED) is 0.910. The summed E-state index contributed by atoms with van der Waals surface area (Å²) in [5, 5.41) is 3.29. The molecular formula is C12H13ClN2O2. The lowest BCUT2D eigenvalue weighted by Crippen LogP contribution is -2.07. The summed E-state index contributed by atoms with van der Waals surface area (Å²) in [6.45, 7) is 2.35. The second-order valence-corrected chi connectivity index (χ2v) is 4.26. The molecule has 0 saturated carbocycles. The average molecular weight is 253 g/mol. The minimum absolute atomic E-state index is 0.0652. The van der Waals surface area contributed by atoms with Gasteiger partial charge < -0.3 is 4.74 Å². The van der Waals surface area contributed by atoms with Gasteiger partial charge >= 0.3 is 0 Å². The van der Waals surface area contributed by atoms with Gasteiger partial charge in [-0.05, 0) is 24.6 Å². The van der Waals surface area contributed by atoms with Crippen LogP contribution in [0, 0.1) is 6.92 Å². The molecule has 0 amide bonds. The summed E-state index contributed by atoms with van der Waals surface area (Å²) in [4.78, 5) is 11.3. The number of methoxy groups -OCH3 is 1. The summed E-state index contributed by atoms with van der Waals surface area (Å²) in [5.74, 6) is 0.646. The number of ether oxygens (including phenoxy) is 1. The molecule has 0 bridgehead atoms. The zero-order valence-corrected chi connectivity index (χ0v) is 10.4. The molecule has 0 aliphatic rings. The number of H-pyrrole nitrogens is 1. The summed E-state index contributed by atoms with van der Waals surface area (Å²) < 4.78 is 6.81. The molecule has 17 heavy (non-hydrogen) atoms. The molecule has 1 N–H and O–H groups in total. The Balaban J connectivity index is 2.24. The van der Waals surface area contributed by atoms with Gasteiger partial charge in [0.2, 0.25) is 0 Å². The maximum Gasteiger partial charge on any atom is 0.266 e. The minimum atomic E-state index is -0.0652. The summed E-state index contributed by atoms with van der Waals surface area (Å²) in [6.07, 6.45) is 1.78. The third kappa shape index (κ3) is 2.53. The summed E-state index contributed by atoms with van der Waals surface area (Å²) in [7, 11) is 1.58. The van der Waals surface area contributed by atoms with Crippen molar-refractivity contribution < 1.29 is 4.74 Å². The largest absolute Gasteiger partial charge is 0.495 e. The lowest BCUT2D eigenvalue weighted by atomic mass is 10.2. The molecule has 0 fully saturated rings. The van der Waals surface area contributed by atoms with Gasteiger partial charge in [0.15, 0.2) is 0 Å². The zero-order chi connectivity index (χ0) is 12.4. The number of hydrogen-bond donors (Lipinski definition) is 1. The number of aromatic nitrogens is 2. The summed E-state index contributed by atoms with van der Waals surface area (Å²) >= 11 is 6.03. The molecule has 0 saturated heterocycles. The van der Waals surface area contributed by atoms with E-state index in [0.29, 0.717) is 22.9 Å². The van der Waals surface area contributed by atoms with E-state index in [2.05, 4.69) is 5.10 Å². The standard InChI is InChI=1S/C12H13ClN2O2/c1-8-6-15(14-12(8)16)7-9-3-4-11(17-2)10(13)5-9/h3-6H,7H2,1-2H3,(H,14,16). The third-order valence-corrected chi connectivity index (χ3v) is 2.82. The van der Waals surface area contributed by atoms with Crippen molar-refractivity contribution in [3.05, 3.63) is 50.9 Å². The fourth-order valence-corrected chi connectivity index (χ4v) is 1.91. The van der Waals surface area contributed by atoms with Crippen LogP contribution >= 0.6 is 11.6 Å². The van der Waals surface area contributed by atoms with Gasteiger partial charge in [0.05, 0.1) is 18.7 Å². The number of nitrogens with zero attached hydrogens (tertiary/aromatic N) is 1. The Labute approximate surface area is 104 Å². The Morgan fingerprint density at radius 2 is 2.24 bits per heavy atom. The number of aryl methyl sites for hydroxylation is 1. The van der Waals surface area contributed by atoms with Crippen LogP contribution in [-0.2, 0) is 6.54 Å². The lowest BCUT2D eigenvalue weighted by molar-refractivity contribution is 0.415. The molecule has 2 rings (SSSR count). The molecule has 0 aliphatic carbocycles. The lowest BCUT2D eigenvalue weighted by Gasteiger charge is -2.06. The minimum Gasteiger partial charge on any atom is -0.495 e. The highest BCUT2D eigenvalue weighted by molar-refractivity contribution is 6.32. The Morgan fingerprint density at radius 1 is 1.47 bits per heavy atom. The predicted octanol–water partition coefficient (Wildman–Crippen LogP) is 2.20. The summed E-state index contributed by atoms with van der Waals surface area (Å²) in [6, 6.07) is 5.55. The first kappa shape index (κ1) is 11.8. The van der Waals surface area contributed by atoms with Crippen LogP contribution in [0.5, 0.6) is 5.75 Å². The summed E-state index contributed by atoms with van der Waals surface area (Å²) in [5.41, 5.74) is 1.64. The average Bonchev–Trinajstić information content (AvgIpc) is 2.58. The van der Waals surface area contributed by atoms with Crippen molar-refractivity contribution in [2.75, 3.05) is 7.11 Å². The number of aromatic amines is 1. The first-order chi connectivity index (χ1) is 8.10. The Kier molecular flexibility index (Phi) is 3.24. The highest BCUT2D eigenvalue weighted by atomic mass is 35.5. The van der Waals surface area contributed by atoms with Crippen molar-refractivity contribution in [1.29, 1.82) is 0 Å². The molecule has 5 heteroatoms. The first-order valence-electron chi connectivity index (χ1n) is 5.18. The number of benzene rings is 1. The van der Waals surface area contributed by atoms with Gasteiger partial charge in [0.1, 0.15) is 5.75 Å². The fourth-order valence-electron chi connectivity index (χ4n) is 1.63. The van der Waals surface area contributed by atoms with Gasteiger partial charge in [-0.25, -0.2) is 0 Å². The molecule has 0 spiro atoms. The Hall–Kier alpha value is -1.68. The molecule has 1 heterocycles. The Morgan fingerprint density at radius 3 is 2.76 bits per heavy atom. The van der Waals surface area contributed by atoms with Crippen molar-refractivity contribution in [2.45, 2.75) is 13.5 Å². The van der Waals surface area contributed by atoms with Gasteiger partial charge in [-0.15, -0.1) is 0 Å². The molecule has 2 aromatic rings. The van der Waals surface area contributed by atoms with Crippen molar-refractivity contribution >= 4 is 11.6 Å². The van der Waals surface area contributed by atoms with E-state index < -0.39 is 0 Å². The number of rotatable bonds is 3. The monoisotopic (exact) mass is 252 g/mol. The SMILES string of the molecule is COc1ccc(Cn2cc(C)c(=O)[nH]2)cc1Cl. The first-order valence-corrected chi connectivity index (χ1v) is 5.56. The van der Waals surface area contributed by atoms with E-state index in [0.717, 1.165) is 5.56 Å². The van der Waals surface area contributed by atoms with Crippen LogP contribution in [0.4, 0.5) is 0 Å². The molecular weight excluding hydrogens is 240 g/mol. The molecule has 0 unspecified atom stereocenters. The number of nitrogens with one attached hydrogen (secondary N) is 1. The van der Waals surface area contributed by atoms with Crippen molar-refractivity contribution in [1.82, 2.24) is 9.78 Å². The highest BCUT2D eigenvalue weighted by Crippen LogP contribution is 2.25. The van der Waals surface area contributed by atoms with E-state index >= 15 is 0 Å². The second-order valence-electron chi connectivity index (χ2n) is 3.85. The maximum absolute atomic E-state index is 11.3. The molecule has 90 valence electrons. The topological polar surface area (TPSA) is 47.0 Å². The van der Waals surface area contributed by atoms with E-state index in [1.54, 1.807) is 24.9 Å². The van der Waals surface area contributed by atoms with Crippen LogP contribution in [0.15, 0.2) is 29.2 Å². The van der Waals surface area contributed by atoms with Gasteiger partial charge in [-0.2, -0.15) is 0 Å². The van der Waals surface area contributed by atoms with Gasteiger partial charge in [0, 0.05) is 11.8 Å². The molecule has 0 aliphatic heterocycles. The molecule has 4 nitrogen and oxygen atoms in total. The van der Waals surface area contributed by atoms with Crippen LogP contribution in [0.3, 0.4) is 0 Å². The molecule has 0 atom stereocenters. The fraction of sp³-hybridized carbons (Fsp3) is 0.250. The predicted molar refractivity (Wildman–Crippen MR) is 66.9 cm³/mol. The van der Waals surface area contributed by atoms with Crippen LogP contribution < -0.4 is 10.3 Å². The van der Waals surface area contributed by atoms with Gasteiger partial charge in [-0.3, -0.25) is 14.6 Å². The zero-order valence-electron chi connectivity index (χ0n) is 9.66.